The Hall–Kier alpha value is -2.48. The summed E-state index contributed by atoms with van der Waals surface area (Å²) < 4.78 is 59.5. The van der Waals surface area contributed by atoms with Crippen LogP contribution in [0.4, 0.5) is 11.4 Å². The van der Waals surface area contributed by atoms with E-state index < -0.39 is 121 Å². The molecule has 11 N–H and O–H groups in total. The number of ether oxygens (including phenoxy) is 4. The van der Waals surface area contributed by atoms with Crippen LogP contribution in [0.2, 0.25) is 0 Å². The molecule has 60 heavy (non-hydrogen) atoms. The summed E-state index contributed by atoms with van der Waals surface area (Å²) in [6.07, 6.45) is -22.6. The molecule has 0 bridgehead atoms. The van der Waals surface area contributed by atoms with Gasteiger partial charge in [-0.1, -0.05) is 34.1 Å². The number of carboxylic acid groups (broad SMARTS) is 1. The summed E-state index contributed by atoms with van der Waals surface area (Å²) >= 11 is 0. The molecule has 0 spiro atoms. The fraction of sp³-hybridized carbons (Fsp3) is 0.735. The van der Waals surface area contributed by atoms with E-state index in [1.54, 1.807) is 24.3 Å². The Morgan fingerprint density at radius 2 is 1.65 bits per heavy atom. The van der Waals surface area contributed by atoms with Crippen molar-refractivity contribution in [3.63, 3.8) is 0 Å². The van der Waals surface area contributed by atoms with Crippen LogP contribution >= 0.6 is 21.6 Å². The van der Waals surface area contributed by atoms with E-state index in [1.165, 1.54) is 6.42 Å². The Morgan fingerprint density at radius 3 is 2.30 bits per heavy atom. The molecular formula is C34H51N3O20S3-2. The highest BCUT2D eigenvalue weighted by molar-refractivity contribution is 8.77. The number of nitrogens with one attached hydrogen (secondary N) is 3. The van der Waals surface area contributed by atoms with E-state index in [0.29, 0.717) is 23.0 Å². The average molecular weight is 918 g/mol. The van der Waals surface area contributed by atoms with Crippen LogP contribution in [-0.2, 0) is 47.9 Å². The molecule has 3 heterocycles. The summed E-state index contributed by atoms with van der Waals surface area (Å²) in [5.41, 5.74) is 0.906. The highest BCUT2D eigenvalue weighted by atomic mass is 33.1. The Morgan fingerprint density at radius 1 is 0.950 bits per heavy atom. The first-order chi connectivity index (χ1) is 28.2. The van der Waals surface area contributed by atoms with Gasteiger partial charge in [0.25, 0.3) is 0 Å². The minimum Gasteiger partial charge on any atom is -0.726 e. The zero-order valence-electron chi connectivity index (χ0n) is 32.0. The maximum atomic E-state index is 12.5. The van der Waals surface area contributed by atoms with Gasteiger partial charge in [-0.3, -0.25) is 13.8 Å². The van der Waals surface area contributed by atoms with Crippen molar-refractivity contribution in [2.45, 2.75) is 130 Å². The molecule has 3 saturated heterocycles. The molecule has 1 unspecified atom stereocenters. The molecule has 1 aromatic rings. The lowest BCUT2D eigenvalue weighted by Gasteiger charge is -2.47. The molecule has 4 rings (SSSR count). The molecule has 0 aliphatic carbocycles. The van der Waals surface area contributed by atoms with E-state index in [0.717, 1.165) is 31.9 Å². The van der Waals surface area contributed by atoms with Crippen LogP contribution in [0.3, 0.4) is 0 Å². The Bertz CT molecular complexity index is 1660. The number of rotatable bonds is 22. The first kappa shape index (κ1) is 50.2. The molecule has 342 valence electrons. The van der Waals surface area contributed by atoms with E-state index in [-0.39, 0.29) is 12.5 Å². The number of hydrogen-bond donors (Lipinski definition) is 11. The largest absolute Gasteiger partial charge is 0.726 e. The summed E-state index contributed by atoms with van der Waals surface area (Å²) in [7, 11) is -1.65. The van der Waals surface area contributed by atoms with Crippen LogP contribution in [0.25, 0.3) is 0 Å². The minimum atomic E-state index is -5.41. The number of unbranched alkanes of at least 4 members (excludes halogenated alkanes) is 1. The molecule has 0 aromatic heterocycles. The monoisotopic (exact) mass is 917 g/mol. The summed E-state index contributed by atoms with van der Waals surface area (Å²) in [5, 5.41) is 105. The first-order valence-corrected chi connectivity index (χ1v) is 22.5. The van der Waals surface area contributed by atoms with Crippen LogP contribution in [0.1, 0.15) is 39.0 Å². The smallest absolute Gasteiger partial charge is 0.224 e. The van der Waals surface area contributed by atoms with Gasteiger partial charge in [-0.2, -0.15) is 0 Å². The Kier molecular flexibility index (Phi) is 19.5. The molecule has 0 saturated carbocycles. The zero-order valence-corrected chi connectivity index (χ0v) is 34.5. The SMILES string of the molecule is CC(=O)N[C@H]1[C@@H](OC[C@@H](O)[C@@H](O)[C@H](O)[C@@H](O)CNc2cccc(NC(=O)CCCCC3CCSS3)c2)O[C@H](COS(=O)(=O)[O-])[C@H](O)[C@@H]1O[C@@H]1O[C@H](C(=O)[O-])[C@@H](O)[C@H](O)[C@H]1O. The van der Waals surface area contributed by atoms with Crippen molar-refractivity contribution in [1.82, 2.24) is 5.32 Å². The van der Waals surface area contributed by atoms with Gasteiger partial charge in [-0.25, -0.2) is 8.42 Å². The van der Waals surface area contributed by atoms with Gasteiger partial charge in [-0.05, 0) is 37.5 Å². The zero-order chi connectivity index (χ0) is 44.3. The molecule has 0 radical (unpaired) electrons. The third kappa shape index (κ3) is 14.8. The molecule has 15 atom stereocenters. The second-order valence-corrected chi connectivity index (χ2v) is 18.1. The number of amides is 2. The third-order valence-electron chi connectivity index (χ3n) is 9.65. The highest BCUT2D eigenvalue weighted by Gasteiger charge is 2.52. The molecule has 1 aromatic carbocycles. The molecule has 3 aliphatic heterocycles. The van der Waals surface area contributed by atoms with Crippen molar-refractivity contribution in [1.29, 1.82) is 0 Å². The van der Waals surface area contributed by atoms with Crippen LogP contribution < -0.4 is 21.1 Å². The number of carboxylic acids is 1. The first-order valence-electron chi connectivity index (χ1n) is 18.8. The predicted molar refractivity (Wildman–Crippen MR) is 205 cm³/mol. The van der Waals surface area contributed by atoms with Gasteiger partial charge >= 0.3 is 0 Å². The third-order valence-corrected chi connectivity index (χ3v) is 13.1. The van der Waals surface area contributed by atoms with Crippen molar-refractivity contribution < 1.29 is 96.4 Å². The number of aliphatic hydroxyl groups is 8. The van der Waals surface area contributed by atoms with Gasteiger partial charge in [0, 0.05) is 42.3 Å². The predicted octanol–water partition coefficient (Wildman–Crippen LogP) is -4.78. The highest BCUT2D eigenvalue weighted by Crippen LogP contribution is 2.40. The van der Waals surface area contributed by atoms with Crippen molar-refractivity contribution in [2.24, 2.45) is 0 Å². The quantitative estimate of drug-likeness (QED) is 0.0225. The summed E-state index contributed by atoms with van der Waals surface area (Å²) in [4.78, 5) is 36.3. The molecule has 23 nitrogen and oxygen atoms in total. The van der Waals surface area contributed by atoms with Gasteiger partial charge in [-0.15, -0.1) is 0 Å². The van der Waals surface area contributed by atoms with Crippen molar-refractivity contribution >= 4 is 61.1 Å². The second-order valence-electron chi connectivity index (χ2n) is 14.3. The van der Waals surface area contributed by atoms with Crippen molar-refractivity contribution in [3.05, 3.63) is 24.3 Å². The van der Waals surface area contributed by atoms with Crippen molar-refractivity contribution in [2.75, 3.05) is 36.1 Å². The normalized spacial score (nSPS) is 31.7. The summed E-state index contributed by atoms with van der Waals surface area (Å²) in [6, 6.07) is 4.78. The fourth-order valence-corrected chi connectivity index (χ4v) is 9.78. The topological polar surface area (TPSA) is 376 Å². The number of hydrogen-bond acceptors (Lipinski definition) is 23. The number of anilines is 2. The number of carbonyl (C=O) groups is 3. The standard InChI is InChI=1S/C34H53N3O20S3/c1-15(38)36-23-30(56-34-29(47)27(45)28(46)31(57-34)32(48)49)26(44)21(14-54-60(50,51)52)55-33(23)53-13-20(40)25(43)24(42)19(39)12-35-16-5-4-6-17(11-16)37-22(41)8-3-2-7-18-9-10-58-59-18/h4-6,11,18-21,23-31,33-35,39-40,42-47H,2-3,7-10,12-14H2,1H3,(H,36,38)(H,37,41)(H,48,49)(H,50,51,52)/p-2/t18?,19-,20+,21+,23+,24+,25+,26-,27-,28-,29+,30+,31-,33-,34+/m0/s1. The van der Waals surface area contributed by atoms with Gasteiger partial charge in [0.15, 0.2) is 12.6 Å². The molecule has 3 fully saturated rings. The maximum Gasteiger partial charge on any atom is 0.224 e. The van der Waals surface area contributed by atoms with E-state index in [4.69, 9.17) is 18.9 Å². The Labute approximate surface area is 352 Å². The number of aliphatic hydroxyl groups excluding tert-OH is 8. The summed E-state index contributed by atoms with van der Waals surface area (Å²) in [6.45, 7) is -1.57. The number of aliphatic carboxylic acids is 1. The number of benzene rings is 1. The van der Waals surface area contributed by atoms with Crippen LogP contribution in [0.5, 0.6) is 0 Å². The molecular weight excluding hydrogens is 867 g/mol. The average Bonchev–Trinajstić information content (AvgIpc) is 3.71. The molecule has 3 aliphatic rings. The van der Waals surface area contributed by atoms with Gasteiger partial charge in [0.1, 0.15) is 67.1 Å². The minimum absolute atomic E-state index is 0.167. The van der Waals surface area contributed by atoms with Gasteiger partial charge in [0.2, 0.25) is 22.2 Å². The van der Waals surface area contributed by atoms with Crippen LogP contribution in [0.15, 0.2) is 24.3 Å². The van der Waals surface area contributed by atoms with E-state index in [1.807, 2.05) is 21.6 Å². The van der Waals surface area contributed by atoms with E-state index in [9.17, 15) is 73.3 Å². The maximum absolute atomic E-state index is 12.5. The Balaban J connectivity index is 1.36. The van der Waals surface area contributed by atoms with Gasteiger partial charge in [0.05, 0.1) is 25.3 Å². The van der Waals surface area contributed by atoms with Crippen LogP contribution in [0, 0.1) is 0 Å². The summed E-state index contributed by atoms with van der Waals surface area (Å²) in [5.74, 6) is -1.92. The second kappa shape index (κ2) is 23.3. The van der Waals surface area contributed by atoms with E-state index in [2.05, 4.69) is 20.1 Å². The van der Waals surface area contributed by atoms with Crippen LogP contribution in [-0.4, -0.2) is 188 Å². The number of carbonyl (C=O) groups excluding carboxylic acids is 3. The lowest BCUT2D eigenvalue weighted by atomic mass is 9.95. The lowest BCUT2D eigenvalue weighted by molar-refractivity contribution is -0.365. The molecule has 26 heteroatoms. The lowest BCUT2D eigenvalue weighted by Crippen LogP contribution is -2.69. The van der Waals surface area contributed by atoms with Crippen molar-refractivity contribution in [3.8, 4) is 0 Å². The molecule has 2 amide bonds. The fourth-order valence-electron chi connectivity index (χ4n) is 6.45. The van der Waals surface area contributed by atoms with Gasteiger partial charge < -0.3 is 90.2 Å². The van der Waals surface area contributed by atoms with E-state index >= 15 is 0 Å².